The van der Waals surface area contributed by atoms with Gasteiger partial charge in [0.15, 0.2) is 11.6 Å². The van der Waals surface area contributed by atoms with Gasteiger partial charge in [0.1, 0.15) is 17.2 Å². The number of carbonyl (C=O) groups excluding carboxylic acids is 4. The van der Waals surface area contributed by atoms with Crippen LogP contribution in [-0.4, -0.2) is 44.7 Å². The Morgan fingerprint density at radius 1 is 0.577 bits per heavy atom. The molecular formula is C44H35NO7. The first-order valence-electron chi connectivity index (χ1n) is 17.0. The highest BCUT2D eigenvalue weighted by molar-refractivity contribution is 6.39. The number of imide groups is 1. The number of carbonyl (C=O) groups is 4. The highest BCUT2D eigenvalue weighted by Crippen LogP contribution is 2.74. The van der Waals surface area contributed by atoms with E-state index in [2.05, 4.69) is 0 Å². The molecule has 2 amide bonds. The van der Waals surface area contributed by atoms with Gasteiger partial charge in [-0.3, -0.25) is 19.2 Å². The molecule has 5 aromatic rings. The van der Waals surface area contributed by atoms with Crippen LogP contribution in [0.1, 0.15) is 39.5 Å². The third-order valence-corrected chi connectivity index (χ3v) is 11.0. The Morgan fingerprint density at radius 2 is 1.02 bits per heavy atom. The number of benzene rings is 5. The number of amides is 2. The molecule has 2 fully saturated rings. The van der Waals surface area contributed by atoms with E-state index in [1.165, 1.54) is 20.1 Å². The van der Waals surface area contributed by atoms with Crippen molar-refractivity contribution in [2.45, 2.75) is 17.8 Å². The fraction of sp³-hybridized carbons (Fsp3) is 0.182. The lowest BCUT2D eigenvalue weighted by Gasteiger charge is -2.39. The van der Waals surface area contributed by atoms with Crippen LogP contribution < -0.4 is 19.1 Å². The maximum Gasteiger partial charge on any atom is 0.239 e. The van der Waals surface area contributed by atoms with Crippen molar-refractivity contribution >= 4 is 40.2 Å². The first-order chi connectivity index (χ1) is 25.2. The van der Waals surface area contributed by atoms with Crippen LogP contribution in [0, 0.1) is 11.8 Å². The fourth-order valence-electron chi connectivity index (χ4n) is 8.96. The second-order valence-electron chi connectivity index (χ2n) is 13.3. The van der Waals surface area contributed by atoms with Crippen molar-refractivity contribution in [3.05, 3.63) is 155 Å². The third-order valence-electron chi connectivity index (χ3n) is 11.0. The lowest BCUT2D eigenvalue weighted by molar-refractivity contribution is -0.130. The lowest BCUT2D eigenvalue weighted by atomic mass is 9.59. The molecule has 0 spiro atoms. The molecule has 0 aromatic heterocycles. The molecule has 0 N–H and O–H groups in total. The van der Waals surface area contributed by atoms with E-state index in [4.69, 9.17) is 14.2 Å². The smallest absolute Gasteiger partial charge is 0.239 e. The monoisotopic (exact) mass is 689 g/mol. The van der Waals surface area contributed by atoms with Crippen LogP contribution in [-0.2, 0) is 25.2 Å². The molecule has 1 aliphatic heterocycles. The minimum absolute atomic E-state index is 0.162. The van der Waals surface area contributed by atoms with Gasteiger partial charge in [-0.25, -0.2) is 4.90 Å². The van der Waals surface area contributed by atoms with Crippen LogP contribution in [0.2, 0.25) is 0 Å². The number of nitrogens with zero attached hydrogens (tertiary/aromatic N) is 1. The molecule has 8 rings (SSSR count). The van der Waals surface area contributed by atoms with Gasteiger partial charge < -0.3 is 14.2 Å². The van der Waals surface area contributed by atoms with Gasteiger partial charge in [0, 0.05) is 5.56 Å². The molecule has 2 aliphatic carbocycles. The molecular weight excluding hydrogens is 654 g/mol. The summed E-state index contributed by atoms with van der Waals surface area (Å²) in [4.78, 5) is 60.7. The minimum Gasteiger partial charge on any atom is -0.497 e. The molecule has 3 aliphatic rings. The van der Waals surface area contributed by atoms with Gasteiger partial charge in [-0.2, -0.15) is 0 Å². The van der Waals surface area contributed by atoms with Crippen molar-refractivity contribution in [1.82, 2.24) is 0 Å². The quantitative estimate of drug-likeness (QED) is 0.120. The van der Waals surface area contributed by atoms with Gasteiger partial charge >= 0.3 is 0 Å². The lowest BCUT2D eigenvalue weighted by Crippen LogP contribution is -2.45. The number of rotatable bonds is 9. The predicted octanol–water partition coefficient (Wildman–Crippen LogP) is 7.10. The second kappa shape index (κ2) is 12.2. The van der Waals surface area contributed by atoms with Gasteiger partial charge in [0.2, 0.25) is 11.8 Å². The number of hydrogen-bond donors (Lipinski definition) is 0. The Bertz CT molecular complexity index is 2170. The zero-order valence-electron chi connectivity index (χ0n) is 29.1. The zero-order chi connectivity index (χ0) is 36.4. The van der Waals surface area contributed by atoms with E-state index >= 15 is 14.4 Å². The first kappa shape index (κ1) is 32.9. The molecule has 258 valence electrons. The van der Waals surface area contributed by atoms with Crippen LogP contribution in [0.15, 0.2) is 127 Å². The molecule has 5 aromatic carbocycles. The summed E-state index contributed by atoms with van der Waals surface area (Å²) in [6.45, 7) is 1.42. The van der Waals surface area contributed by atoms with E-state index in [0.29, 0.717) is 39.3 Å². The van der Waals surface area contributed by atoms with E-state index in [0.717, 1.165) is 16.0 Å². The summed E-state index contributed by atoms with van der Waals surface area (Å²) >= 11 is 0. The standard InChI is InChI=1S/C44H35NO7/c1-26(46)29-19-24-35(52-4)34(25-29)45-40(47)38-39(41(45)48)44(31-13-9-6-10-14-31)37(28-17-22-33(51-3)23-18-28)36(27-15-20-32(50-2)21-16-27)43(38,42(44)49)30-11-7-5-8-12-30/h5-25,38-39H,1-4H3/t38-,39+,43-,44-/m1/s1. The summed E-state index contributed by atoms with van der Waals surface area (Å²) in [5.41, 5.74) is 1.22. The Kier molecular flexibility index (Phi) is 7.72. The normalized spacial score (nSPS) is 23.2. The maximum absolute atomic E-state index is 16.2. The van der Waals surface area contributed by atoms with E-state index in [-0.39, 0.29) is 23.0 Å². The SMILES string of the molecule is COc1ccc(C2=C(c3ccc(OC)cc3)[C@@]3(c4ccccc4)C(=O)[C@@]2(c2ccccc2)[C@@H]2C(=O)N(c4cc(C(C)=O)ccc4OC)C(=O)[C@@H]23)cc1. The Labute approximate surface area is 301 Å². The van der Waals surface area contributed by atoms with Gasteiger partial charge in [-0.1, -0.05) is 84.9 Å². The molecule has 8 heteroatoms. The van der Waals surface area contributed by atoms with Gasteiger partial charge in [-0.05, 0) is 82.8 Å². The highest BCUT2D eigenvalue weighted by Gasteiger charge is 2.82. The first-order valence-corrected chi connectivity index (χ1v) is 17.0. The van der Waals surface area contributed by atoms with Crippen molar-refractivity contribution in [2.75, 3.05) is 26.2 Å². The number of anilines is 1. The van der Waals surface area contributed by atoms with Crippen LogP contribution in [0.25, 0.3) is 11.1 Å². The van der Waals surface area contributed by atoms with Crippen LogP contribution in [0.5, 0.6) is 17.2 Å². The molecule has 4 atom stereocenters. The van der Waals surface area contributed by atoms with E-state index in [1.54, 1.807) is 26.4 Å². The number of ketones is 2. The molecule has 2 bridgehead atoms. The summed E-state index contributed by atoms with van der Waals surface area (Å²) < 4.78 is 16.7. The van der Waals surface area contributed by atoms with Crippen LogP contribution in [0.3, 0.4) is 0 Å². The largest absolute Gasteiger partial charge is 0.497 e. The number of fused-ring (bicyclic) bond motifs is 5. The van der Waals surface area contributed by atoms with E-state index < -0.39 is 34.5 Å². The number of ether oxygens (including phenoxy) is 3. The molecule has 0 radical (unpaired) electrons. The summed E-state index contributed by atoms with van der Waals surface area (Å²) in [6.07, 6.45) is 0. The zero-order valence-corrected chi connectivity index (χ0v) is 29.1. The van der Waals surface area contributed by atoms with Crippen molar-refractivity contribution in [1.29, 1.82) is 0 Å². The van der Waals surface area contributed by atoms with Crippen molar-refractivity contribution in [3.8, 4) is 17.2 Å². The molecule has 1 saturated carbocycles. The van der Waals surface area contributed by atoms with Crippen LogP contribution in [0.4, 0.5) is 5.69 Å². The molecule has 0 unspecified atom stereocenters. The molecule has 1 saturated heterocycles. The summed E-state index contributed by atoms with van der Waals surface area (Å²) in [5, 5.41) is 0. The van der Waals surface area contributed by atoms with Crippen molar-refractivity contribution in [2.24, 2.45) is 11.8 Å². The predicted molar refractivity (Wildman–Crippen MR) is 197 cm³/mol. The van der Waals surface area contributed by atoms with Gasteiger partial charge in [0.25, 0.3) is 0 Å². The van der Waals surface area contributed by atoms with Crippen LogP contribution >= 0.6 is 0 Å². The molecule has 52 heavy (non-hydrogen) atoms. The topological polar surface area (TPSA) is 99.2 Å². The number of Topliss-reactive ketones (excluding diaryl/α,β-unsaturated/α-hetero) is 2. The molecule has 8 nitrogen and oxygen atoms in total. The second-order valence-corrected chi connectivity index (χ2v) is 13.3. The summed E-state index contributed by atoms with van der Waals surface area (Å²) in [6, 6.07) is 38.3. The number of methoxy groups -OCH3 is 3. The Morgan fingerprint density at radius 3 is 1.40 bits per heavy atom. The number of hydrogen-bond acceptors (Lipinski definition) is 7. The summed E-state index contributed by atoms with van der Waals surface area (Å²) in [7, 11) is 4.63. The highest BCUT2D eigenvalue weighted by atomic mass is 16.5. The minimum atomic E-state index is -1.60. The average molecular weight is 690 g/mol. The third kappa shape index (κ3) is 4.27. The Balaban J connectivity index is 1.53. The number of allylic oxidation sites excluding steroid dienone is 2. The van der Waals surface area contributed by atoms with E-state index in [1.807, 2.05) is 109 Å². The molecule has 1 heterocycles. The van der Waals surface area contributed by atoms with Gasteiger partial charge in [-0.15, -0.1) is 0 Å². The summed E-state index contributed by atoms with van der Waals surface area (Å²) in [5.74, 6) is -2.31. The maximum atomic E-state index is 16.2. The fourth-order valence-corrected chi connectivity index (χ4v) is 8.96. The van der Waals surface area contributed by atoms with Crippen molar-refractivity contribution in [3.63, 3.8) is 0 Å². The van der Waals surface area contributed by atoms with Gasteiger partial charge in [0.05, 0.1) is 49.7 Å². The Hall–Kier alpha value is -6.28. The average Bonchev–Trinajstić information content (AvgIpc) is 3.70. The van der Waals surface area contributed by atoms with Crippen molar-refractivity contribution < 1.29 is 33.4 Å². The van der Waals surface area contributed by atoms with E-state index in [9.17, 15) is 4.79 Å².